The Morgan fingerprint density at radius 3 is 2.44 bits per heavy atom. The van der Waals surface area contributed by atoms with Crippen molar-refractivity contribution in [2.45, 2.75) is 6.92 Å². The Morgan fingerprint density at radius 2 is 1.94 bits per heavy atom. The van der Waals surface area contributed by atoms with Gasteiger partial charge in [0.05, 0.1) is 5.56 Å². The van der Waals surface area contributed by atoms with Crippen LogP contribution in [0.1, 0.15) is 16.8 Å². The molecule has 0 aliphatic heterocycles. The lowest BCUT2D eigenvalue weighted by atomic mass is 10.1. The van der Waals surface area contributed by atoms with Crippen LogP contribution in [-0.2, 0) is 7.05 Å². The Kier molecular flexibility index (Phi) is 2.27. The molecule has 1 aromatic heterocycles. The van der Waals surface area contributed by atoms with Crippen molar-refractivity contribution in [2.75, 3.05) is 0 Å². The van der Waals surface area contributed by atoms with E-state index in [1.54, 1.807) is 6.08 Å². The van der Waals surface area contributed by atoms with Gasteiger partial charge in [-0.1, -0.05) is 6.08 Å². The maximum Gasteiger partial charge on any atom is 0.268 e. The summed E-state index contributed by atoms with van der Waals surface area (Å²) in [5.41, 5.74) is 0.679. The van der Waals surface area contributed by atoms with E-state index in [2.05, 4.69) is 0 Å². The number of aromatic nitrogens is 1. The molecule has 0 amide bonds. The number of hydrogen-bond donors (Lipinski definition) is 1. The molecule has 2 rings (SSSR count). The molecule has 0 radical (unpaired) electrons. The van der Waals surface area contributed by atoms with E-state index in [-0.39, 0.29) is 5.56 Å². The van der Waals surface area contributed by atoms with Crippen molar-refractivity contribution in [3.63, 3.8) is 0 Å². The van der Waals surface area contributed by atoms with Crippen LogP contribution in [0.25, 0.3) is 12.2 Å². The predicted octanol–water partition coefficient (Wildman–Crippen LogP) is 0.806. The Labute approximate surface area is 91.8 Å². The summed E-state index contributed by atoms with van der Waals surface area (Å²) in [4.78, 5) is 21.8. The van der Waals surface area contributed by atoms with Gasteiger partial charge < -0.3 is 9.67 Å². The van der Waals surface area contributed by atoms with Crippen molar-refractivity contribution in [2.24, 2.45) is 7.05 Å². The van der Waals surface area contributed by atoms with Crippen molar-refractivity contribution in [1.82, 2.24) is 4.57 Å². The second-order valence-corrected chi connectivity index (χ2v) is 3.78. The summed E-state index contributed by atoms with van der Waals surface area (Å²) in [6.45, 7) is 1.96. The highest BCUT2D eigenvalue weighted by molar-refractivity contribution is 5.74. The van der Waals surface area contributed by atoms with Gasteiger partial charge in [0.15, 0.2) is 5.75 Å². The van der Waals surface area contributed by atoms with Crippen LogP contribution in [0.5, 0.6) is 5.75 Å². The second-order valence-electron chi connectivity index (χ2n) is 3.78. The summed E-state index contributed by atoms with van der Waals surface area (Å²) >= 11 is 0. The van der Waals surface area contributed by atoms with Crippen molar-refractivity contribution in [3.8, 4) is 5.75 Å². The number of aryl methyl sites for hydroxylation is 2. The fourth-order valence-corrected chi connectivity index (χ4v) is 1.53. The molecule has 82 valence electrons. The molecular weight excluding hydrogens is 206 g/mol. The first kappa shape index (κ1) is 10.4. The first-order chi connectivity index (χ1) is 7.50. The maximum absolute atomic E-state index is 11.0. The topological polar surface area (TPSA) is 59.3 Å². The van der Waals surface area contributed by atoms with Gasteiger partial charge in [-0.25, -0.2) is 0 Å². The zero-order valence-corrected chi connectivity index (χ0v) is 9.02. The zero-order valence-electron chi connectivity index (χ0n) is 9.02. The Hall–Kier alpha value is -2.10. The van der Waals surface area contributed by atoms with Gasteiger partial charge in [-0.05, 0) is 24.6 Å². The Bertz CT molecular complexity index is 620. The lowest BCUT2D eigenvalue weighted by Gasteiger charge is -1.97. The normalized spacial score (nSPS) is 11.6. The highest BCUT2D eigenvalue weighted by Gasteiger charge is 2.16. The molecule has 1 aromatic carbocycles. The number of hydrogen-bond acceptors (Lipinski definition) is 3. The minimum atomic E-state index is -0.802. The van der Waals surface area contributed by atoms with E-state index in [0.717, 1.165) is 11.3 Å². The van der Waals surface area contributed by atoms with Crippen LogP contribution < -0.4 is 10.9 Å². The highest BCUT2D eigenvalue weighted by atomic mass is 16.3. The van der Waals surface area contributed by atoms with E-state index in [9.17, 15) is 9.59 Å². The monoisotopic (exact) mass is 217 g/mol. The lowest BCUT2D eigenvalue weighted by molar-refractivity contribution is 0.461. The van der Waals surface area contributed by atoms with Gasteiger partial charge in [0.2, 0.25) is 5.43 Å². The number of aromatic hydroxyl groups is 1. The average molecular weight is 217 g/mol. The molecule has 0 aliphatic carbocycles. The molecule has 0 bridgehead atoms. The standard InChI is InChI=1S/C12H11NO3/c1-7-5-8(6-13(7)2)3-4-9-10(14)12(16)11(9)15/h3-6,14H,1-2H3/b4-3+. The first-order valence-electron chi connectivity index (χ1n) is 4.84. The zero-order chi connectivity index (χ0) is 11.9. The van der Waals surface area contributed by atoms with Crippen LogP contribution in [-0.4, -0.2) is 9.67 Å². The summed E-state index contributed by atoms with van der Waals surface area (Å²) in [6, 6.07) is 1.94. The second kappa shape index (κ2) is 3.48. The molecule has 0 aliphatic rings. The summed E-state index contributed by atoms with van der Waals surface area (Å²) in [7, 11) is 1.92. The molecule has 0 spiro atoms. The smallest absolute Gasteiger partial charge is 0.268 e. The van der Waals surface area contributed by atoms with E-state index in [0.29, 0.717) is 0 Å². The summed E-state index contributed by atoms with van der Waals surface area (Å²) in [6.07, 6.45) is 5.06. The van der Waals surface area contributed by atoms with Gasteiger partial charge in [0.25, 0.3) is 5.43 Å². The van der Waals surface area contributed by atoms with E-state index < -0.39 is 16.6 Å². The predicted molar refractivity (Wildman–Crippen MR) is 62.1 cm³/mol. The molecule has 0 fully saturated rings. The molecular formula is C12H11NO3. The van der Waals surface area contributed by atoms with Crippen LogP contribution in [0.4, 0.5) is 0 Å². The van der Waals surface area contributed by atoms with Gasteiger partial charge >= 0.3 is 0 Å². The minimum absolute atomic E-state index is 0.0894. The van der Waals surface area contributed by atoms with Gasteiger partial charge in [-0.15, -0.1) is 0 Å². The molecule has 4 heteroatoms. The summed E-state index contributed by atoms with van der Waals surface area (Å²) in [5, 5.41) is 9.14. The van der Waals surface area contributed by atoms with Crippen LogP contribution >= 0.6 is 0 Å². The highest BCUT2D eigenvalue weighted by Crippen LogP contribution is 2.14. The maximum atomic E-state index is 11.0. The van der Waals surface area contributed by atoms with Crippen LogP contribution in [0, 0.1) is 6.92 Å². The molecule has 2 aromatic rings. The number of nitrogens with zero attached hydrogens (tertiary/aromatic N) is 1. The number of rotatable bonds is 2. The van der Waals surface area contributed by atoms with E-state index in [1.165, 1.54) is 6.08 Å². The molecule has 0 saturated heterocycles. The molecule has 4 nitrogen and oxygen atoms in total. The molecule has 16 heavy (non-hydrogen) atoms. The van der Waals surface area contributed by atoms with Gasteiger partial charge in [-0.2, -0.15) is 0 Å². The van der Waals surface area contributed by atoms with Crippen molar-refractivity contribution < 1.29 is 5.11 Å². The molecule has 1 heterocycles. The molecule has 0 unspecified atom stereocenters. The van der Waals surface area contributed by atoms with Gasteiger partial charge in [0.1, 0.15) is 0 Å². The van der Waals surface area contributed by atoms with Crippen LogP contribution in [0.3, 0.4) is 0 Å². The fraction of sp³-hybridized carbons (Fsp3) is 0.167. The molecule has 0 saturated carbocycles. The van der Waals surface area contributed by atoms with Crippen molar-refractivity contribution in [1.29, 1.82) is 0 Å². The van der Waals surface area contributed by atoms with E-state index in [4.69, 9.17) is 5.11 Å². The third-order valence-electron chi connectivity index (χ3n) is 2.64. The lowest BCUT2D eigenvalue weighted by Crippen LogP contribution is -2.32. The van der Waals surface area contributed by atoms with E-state index in [1.807, 2.05) is 30.8 Å². The average Bonchev–Trinajstić information content (AvgIpc) is 2.58. The Balaban J connectivity index is 2.29. The summed E-state index contributed by atoms with van der Waals surface area (Å²) < 4.78 is 1.95. The third-order valence-corrected chi connectivity index (χ3v) is 2.64. The van der Waals surface area contributed by atoms with Gasteiger partial charge in [-0.3, -0.25) is 9.59 Å². The quantitative estimate of drug-likeness (QED) is 0.757. The Morgan fingerprint density at radius 1 is 1.25 bits per heavy atom. The third kappa shape index (κ3) is 1.48. The molecule has 1 N–H and O–H groups in total. The van der Waals surface area contributed by atoms with Crippen molar-refractivity contribution >= 4 is 12.2 Å². The summed E-state index contributed by atoms with van der Waals surface area (Å²) in [5.74, 6) is -0.436. The van der Waals surface area contributed by atoms with Crippen LogP contribution in [0.2, 0.25) is 0 Å². The minimum Gasteiger partial charge on any atom is -0.504 e. The SMILES string of the molecule is Cc1cc(/C=C/c2c(O)c(=O)c2=O)cn1C. The largest absolute Gasteiger partial charge is 0.504 e. The molecule has 0 atom stereocenters. The first-order valence-corrected chi connectivity index (χ1v) is 4.84. The van der Waals surface area contributed by atoms with Crippen LogP contribution in [0.15, 0.2) is 21.9 Å². The van der Waals surface area contributed by atoms with Crippen molar-refractivity contribution in [3.05, 3.63) is 49.5 Å². The fourth-order valence-electron chi connectivity index (χ4n) is 1.53. The van der Waals surface area contributed by atoms with E-state index >= 15 is 0 Å². The van der Waals surface area contributed by atoms with Gasteiger partial charge in [0, 0.05) is 18.9 Å².